The van der Waals surface area contributed by atoms with Crippen LogP contribution in [0.2, 0.25) is 0 Å². The number of hydrogen-bond acceptors (Lipinski definition) is 7. The molecule has 3 N–H and O–H groups in total. The molecule has 1 aromatic carbocycles. The zero-order valence-electron chi connectivity index (χ0n) is 19.5. The summed E-state index contributed by atoms with van der Waals surface area (Å²) in [6, 6.07) is 3.66. The zero-order valence-corrected chi connectivity index (χ0v) is 19.5. The quantitative estimate of drug-likeness (QED) is 0.336. The molecule has 8 heteroatoms. The standard InChI is InChI=1S/C24H34N2O6/c1-6-12-25-13-16-18(15-10-11-17(29-3)23(31-5)22(15)30-4)19(21(27)14-8-9-14)20(26-16)24(28)32-7-2/h10-11,14,21,25-27H,6-9,12-13H2,1-5H3. The van der Waals surface area contributed by atoms with E-state index in [0.29, 0.717) is 34.9 Å². The molecule has 176 valence electrons. The fourth-order valence-electron chi connectivity index (χ4n) is 4.00. The van der Waals surface area contributed by atoms with Gasteiger partial charge in [-0.05, 0) is 50.8 Å². The number of aromatic amines is 1. The smallest absolute Gasteiger partial charge is 0.355 e. The van der Waals surface area contributed by atoms with Crippen molar-refractivity contribution >= 4 is 5.97 Å². The van der Waals surface area contributed by atoms with Crippen LogP contribution in [0.4, 0.5) is 0 Å². The number of rotatable bonds is 12. The van der Waals surface area contributed by atoms with Crippen LogP contribution in [0.25, 0.3) is 11.1 Å². The van der Waals surface area contributed by atoms with E-state index in [2.05, 4.69) is 17.2 Å². The molecule has 1 fully saturated rings. The van der Waals surface area contributed by atoms with Crippen molar-refractivity contribution in [3.05, 3.63) is 29.1 Å². The topological polar surface area (TPSA) is 102 Å². The number of benzene rings is 1. The lowest BCUT2D eigenvalue weighted by molar-refractivity contribution is 0.0511. The lowest BCUT2D eigenvalue weighted by atomic mass is 9.93. The molecule has 32 heavy (non-hydrogen) atoms. The van der Waals surface area contributed by atoms with E-state index >= 15 is 0 Å². The second kappa shape index (κ2) is 10.7. The lowest BCUT2D eigenvalue weighted by Crippen LogP contribution is -2.15. The third-order valence-corrected chi connectivity index (χ3v) is 5.66. The Balaban J connectivity index is 2.27. The molecule has 8 nitrogen and oxygen atoms in total. The van der Waals surface area contributed by atoms with Gasteiger partial charge in [0.15, 0.2) is 11.5 Å². The van der Waals surface area contributed by atoms with Gasteiger partial charge in [0.2, 0.25) is 5.75 Å². The number of aliphatic hydroxyl groups is 1. The number of aliphatic hydroxyl groups excluding tert-OH is 1. The maximum atomic E-state index is 12.9. The summed E-state index contributed by atoms with van der Waals surface area (Å²) in [5, 5.41) is 14.6. The van der Waals surface area contributed by atoms with Gasteiger partial charge in [0.1, 0.15) is 5.69 Å². The van der Waals surface area contributed by atoms with E-state index in [1.165, 1.54) is 0 Å². The van der Waals surface area contributed by atoms with Crippen molar-refractivity contribution in [1.29, 1.82) is 0 Å². The van der Waals surface area contributed by atoms with Crippen LogP contribution in [0.1, 0.15) is 61.0 Å². The molecule has 1 aromatic heterocycles. The summed E-state index contributed by atoms with van der Waals surface area (Å²) in [7, 11) is 4.68. The van der Waals surface area contributed by atoms with Gasteiger partial charge in [-0.15, -0.1) is 0 Å². The van der Waals surface area contributed by atoms with Crippen molar-refractivity contribution in [1.82, 2.24) is 10.3 Å². The lowest BCUT2D eigenvalue weighted by Gasteiger charge is -2.19. The van der Waals surface area contributed by atoms with E-state index < -0.39 is 12.1 Å². The Morgan fingerprint density at radius 3 is 2.44 bits per heavy atom. The number of methoxy groups -OCH3 is 3. The highest BCUT2D eigenvalue weighted by Gasteiger charge is 2.38. The first-order chi connectivity index (χ1) is 15.5. The minimum absolute atomic E-state index is 0.111. The number of carbonyl (C=O) groups excluding carboxylic acids is 1. The second-order valence-corrected chi connectivity index (χ2v) is 7.83. The van der Waals surface area contributed by atoms with Gasteiger partial charge < -0.3 is 34.4 Å². The summed E-state index contributed by atoms with van der Waals surface area (Å²) in [5.41, 5.74) is 3.05. The maximum absolute atomic E-state index is 12.9. The number of ether oxygens (including phenoxy) is 4. The van der Waals surface area contributed by atoms with E-state index in [4.69, 9.17) is 18.9 Å². The SMILES string of the molecule is CCCNCc1[nH]c(C(=O)OCC)c(C(O)C2CC2)c1-c1ccc(OC)c(OC)c1OC. The number of aromatic nitrogens is 1. The minimum atomic E-state index is -0.793. The molecular formula is C24H34N2O6. The molecular weight excluding hydrogens is 412 g/mol. The monoisotopic (exact) mass is 446 g/mol. The Morgan fingerprint density at radius 1 is 1.16 bits per heavy atom. The van der Waals surface area contributed by atoms with Crippen LogP contribution in [-0.2, 0) is 11.3 Å². The fourth-order valence-corrected chi connectivity index (χ4v) is 4.00. The number of carbonyl (C=O) groups is 1. The average molecular weight is 447 g/mol. The molecule has 0 saturated heterocycles. The van der Waals surface area contributed by atoms with Gasteiger partial charge >= 0.3 is 5.97 Å². The Hall–Kier alpha value is -2.71. The first-order valence-electron chi connectivity index (χ1n) is 11.1. The Bertz CT molecular complexity index is 935. The summed E-state index contributed by atoms with van der Waals surface area (Å²) in [5.74, 6) is 1.09. The molecule has 3 rings (SSSR count). The number of hydrogen-bond donors (Lipinski definition) is 3. The number of nitrogens with one attached hydrogen (secondary N) is 2. The third kappa shape index (κ3) is 4.71. The van der Waals surface area contributed by atoms with Crippen LogP contribution in [0.5, 0.6) is 17.2 Å². The Kier molecular flexibility index (Phi) is 8.04. The van der Waals surface area contributed by atoms with E-state index in [1.54, 1.807) is 34.3 Å². The molecule has 0 spiro atoms. The second-order valence-electron chi connectivity index (χ2n) is 7.83. The van der Waals surface area contributed by atoms with Crippen molar-refractivity contribution in [2.24, 2.45) is 5.92 Å². The molecule has 1 atom stereocenters. The summed E-state index contributed by atoms with van der Waals surface area (Å²) >= 11 is 0. The van der Waals surface area contributed by atoms with Crippen LogP contribution in [0.3, 0.4) is 0 Å². The van der Waals surface area contributed by atoms with Gasteiger partial charge in [0.05, 0.1) is 34.0 Å². The van der Waals surface area contributed by atoms with Crippen molar-refractivity contribution in [3.63, 3.8) is 0 Å². The van der Waals surface area contributed by atoms with Gasteiger partial charge in [0.25, 0.3) is 0 Å². The number of H-pyrrole nitrogens is 1. The molecule has 1 aliphatic carbocycles. The van der Waals surface area contributed by atoms with Gasteiger partial charge in [-0.1, -0.05) is 6.92 Å². The first kappa shape index (κ1) is 23.9. The predicted octanol–water partition coefficient (Wildman–Crippen LogP) is 3.83. The molecule has 0 bridgehead atoms. The molecule has 1 aliphatic rings. The van der Waals surface area contributed by atoms with Gasteiger partial charge in [-0.2, -0.15) is 0 Å². The van der Waals surface area contributed by atoms with Gasteiger partial charge in [-0.25, -0.2) is 4.79 Å². The molecule has 0 aliphatic heterocycles. The van der Waals surface area contributed by atoms with E-state index in [9.17, 15) is 9.90 Å². The molecule has 1 unspecified atom stereocenters. The fraction of sp³-hybridized carbons (Fsp3) is 0.542. The Morgan fingerprint density at radius 2 is 1.88 bits per heavy atom. The normalized spacial score (nSPS) is 14.2. The van der Waals surface area contributed by atoms with E-state index in [-0.39, 0.29) is 18.2 Å². The first-order valence-corrected chi connectivity index (χ1v) is 11.1. The largest absolute Gasteiger partial charge is 0.493 e. The predicted molar refractivity (Wildman–Crippen MR) is 122 cm³/mol. The van der Waals surface area contributed by atoms with E-state index in [0.717, 1.165) is 37.1 Å². The average Bonchev–Trinajstić information content (AvgIpc) is 3.58. The highest BCUT2D eigenvalue weighted by atomic mass is 16.5. The maximum Gasteiger partial charge on any atom is 0.355 e. The minimum Gasteiger partial charge on any atom is -0.493 e. The highest BCUT2D eigenvalue weighted by molar-refractivity contribution is 5.94. The summed E-state index contributed by atoms with van der Waals surface area (Å²) < 4.78 is 22.1. The molecule has 0 radical (unpaired) electrons. The van der Waals surface area contributed by atoms with Crippen LogP contribution in [-0.4, -0.2) is 50.5 Å². The Labute approximate surface area is 189 Å². The van der Waals surface area contributed by atoms with Crippen molar-refractivity contribution in [2.45, 2.75) is 45.8 Å². The summed E-state index contributed by atoms with van der Waals surface area (Å²) in [4.78, 5) is 16.1. The third-order valence-electron chi connectivity index (χ3n) is 5.66. The summed E-state index contributed by atoms with van der Waals surface area (Å²) in [6.07, 6.45) is 2.01. The highest BCUT2D eigenvalue weighted by Crippen LogP contribution is 2.50. The summed E-state index contributed by atoms with van der Waals surface area (Å²) in [6.45, 7) is 5.41. The van der Waals surface area contributed by atoms with Gasteiger partial charge in [-0.3, -0.25) is 0 Å². The van der Waals surface area contributed by atoms with Crippen LogP contribution >= 0.6 is 0 Å². The van der Waals surface area contributed by atoms with E-state index in [1.807, 2.05) is 6.07 Å². The van der Waals surface area contributed by atoms with Crippen LogP contribution < -0.4 is 19.5 Å². The molecule has 2 aromatic rings. The molecule has 1 heterocycles. The number of esters is 1. The zero-order chi connectivity index (χ0) is 23.3. The van der Waals surface area contributed by atoms with Gasteiger partial charge in [0, 0.05) is 28.9 Å². The molecule has 0 amide bonds. The van der Waals surface area contributed by atoms with Crippen LogP contribution in [0.15, 0.2) is 12.1 Å². The van der Waals surface area contributed by atoms with Crippen LogP contribution in [0, 0.1) is 5.92 Å². The van der Waals surface area contributed by atoms with Crippen molar-refractivity contribution in [3.8, 4) is 28.4 Å². The van der Waals surface area contributed by atoms with Crippen molar-refractivity contribution in [2.75, 3.05) is 34.5 Å². The molecule has 1 saturated carbocycles. The van der Waals surface area contributed by atoms with Crippen molar-refractivity contribution < 1.29 is 28.8 Å².